The average Bonchev–Trinajstić information content (AvgIpc) is 2.67. The summed E-state index contributed by atoms with van der Waals surface area (Å²) < 4.78 is 13.3. The molecule has 1 aromatic carbocycles. The third kappa shape index (κ3) is 2.87. The first-order valence-corrected chi connectivity index (χ1v) is 7.59. The van der Waals surface area contributed by atoms with Gasteiger partial charge in [-0.1, -0.05) is 12.1 Å². The van der Waals surface area contributed by atoms with E-state index in [0.717, 1.165) is 31.2 Å². The number of likely N-dealkylation sites (tertiary alicyclic amines) is 1. The predicted octanol–water partition coefficient (Wildman–Crippen LogP) is 1.99. The maximum atomic E-state index is 13.3. The molecule has 0 amide bonds. The van der Waals surface area contributed by atoms with Crippen molar-refractivity contribution in [3.63, 3.8) is 0 Å². The van der Waals surface area contributed by atoms with Crippen molar-refractivity contribution in [1.82, 2.24) is 9.80 Å². The molecular formula is C16H24FN3. The Labute approximate surface area is 120 Å². The second-order valence-corrected chi connectivity index (χ2v) is 6.26. The molecule has 3 atom stereocenters. The van der Waals surface area contributed by atoms with Gasteiger partial charge in [0.25, 0.3) is 0 Å². The fraction of sp³-hybridized carbons (Fsp3) is 0.625. The van der Waals surface area contributed by atoms with Crippen molar-refractivity contribution in [3.8, 4) is 0 Å². The predicted molar refractivity (Wildman–Crippen MR) is 79.0 cm³/mol. The number of nitrogens with two attached hydrogens (primary N) is 1. The highest BCUT2D eigenvalue weighted by atomic mass is 19.1. The summed E-state index contributed by atoms with van der Waals surface area (Å²) >= 11 is 0. The number of likely N-dealkylation sites (N-methyl/N-ethyl adjacent to an activating group) is 1. The van der Waals surface area contributed by atoms with Gasteiger partial charge in [0.05, 0.1) is 0 Å². The highest BCUT2D eigenvalue weighted by molar-refractivity contribution is 5.20. The second-order valence-electron chi connectivity index (χ2n) is 6.26. The summed E-state index contributed by atoms with van der Waals surface area (Å²) in [7, 11) is 2.25. The Morgan fingerprint density at radius 1 is 1.30 bits per heavy atom. The Morgan fingerprint density at radius 3 is 2.90 bits per heavy atom. The minimum absolute atomic E-state index is 0.104. The van der Waals surface area contributed by atoms with Crippen LogP contribution in [0.3, 0.4) is 0 Å². The van der Waals surface area contributed by atoms with Crippen molar-refractivity contribution in [2.24, 2.45) is 5.73 Å². The van der Waals surface area contributed by atoms with Gasteiger partial charge >= 0.3 is 0 Å². The quantitative estimate of drug-likeness (QED) is 0.917. The van der Waals surface area contributed by atoms with Gasteiger partial charge in [-0.2, -0.15) is 0 Å². The van der Waals surface area contributed by atoms with Crippen LogP contribution < -0.4 is 5.73 Å². The molecule has 0 aromatic heterocycles. The first-order chi connectivity index (χ1) is 9.63. The van der Waals surface area contributed by atoms with Crippen LogP contribution in [0, 0.1) is 5.82 Å². The zero-order valence-electron chi connectivity index (χ0n) is 12.1. The Balaban J connectivity index is 1.63. The van der Waals surface area contributed by atoms with Crippen molar-refractivity contribution in [1.29, 1.82) is 0 Å². The summed E-state index contributed by atoms with van der Waals surface area (Å²) in [6, 6.07) is 7.99. The summed E-state index contributed by atoms with van der Waals surface area (Å²) in [6.07, 6.45) is 3.86. The summed E-state index contributed by atoms with van der Waals surface area (Å²) in [5.41, 5.74) is 7.15. The Bertz CT molecular complexity index is 465. The van der Waals surface area contributed by atoms with Gasteiger partial charge in [0.1, 0.15) is 5.82 Å². The second kappa shape index (κ2) is 5.80. The minimum atomic E-state index is -0.201. The summed E-state index contributed by atoms with van der Waals surface area (Å²) in [4.78, 5) is 4.99. The van der Waals surface area contributed by atoms with Crippen LogP contribution in [0.1, 0.15) is 30.9 Å². The molecule has 1 aromatic rings. The maximum Gasteiger partial charge on any atom is 0.123 e. The van der Waals surface area contributed by atoms with E-state index in [1.807, 2.05) is 6.07 Å². The highest BCUT2D eigenvalue weighted by Gasteiger charge is 2.34. The highest BCUT2D eigenvalue weighted by Crippen LogP contribution is 2.29. The lowest BCUT2D eigenvalue weighted by Crippen LogP contribution is -2.39. The SMILES string of the molecule is CN1C2CCC1CN(CC(N)c1cccc(F)c1)CC2. The lowest BCUT2D eigenvalue weighted by molar-refractivity contribution is 0.212. The molecule has 20 heavy (non-hydrogen) atoms. The fourth-order valence-corrected chi connectivity index (χ4v) is 3.67. The van der Waals surface area contributed by atoms with Gasteiger partial charge < -0.3 is 5.73 Å². The molecule has 3 unspecified atom stereocenters. The van der Waals surface area contributed by atoms with E-state index in [0.29, 0.717) is 6.04 Å². The summed E-state index contributed by atoms with van der Waals surface area (Å²) in [6.45, 7) is 3.02. The van der Waals surface area contributed by atoms with Gasteiger partial charge in [-0.3, -0.25) is 9.80 Å². The third-order valence-corrected chi connectivity index (χ3v) is 4.96. The van der Waals surface area contributed by atoms with E-state index in [4.69, 9.17) is 5.73 Å². The lowest BCUT2D eigenvalue weighted by atomic mass is 10.0. The van der Waals surface area contributed by atoms with Gasteiger partial charge in [0.2, 0.25) is 0 Å². The molecule has 3 nitrogen and oxygen atoms in total. The Morgan fingerprint density at radius 2 is 2.10 bits per heavy atom. The average molecular weight is 277 g/mol. The third-order valence-electron chi connectivity index (χ3n) is 4.96. The van der Waals surface area contributed by atoms with Gasteiger partial charge in [-0.05, 0) is 50.6 Å². The van der Waals surface area contributed by atoms with Gasteiger partial charge in [0.15, 0.2) is 0 Å². The van der Waals surface area contributed by atoms with E-state index in [-0.39, 0.29) is 11.9 Å². The number of rotatable bonds is 3. The van der Waals surface area contributed by atoms with Crippen molar-refractivity contribution in [3.05, 3.63) is 35.6 Å². The molecule has 3 rings (SSSR count). The minimum Gasteiger partial charge on any atom is -0.323 e. The Kier molecular flexibility index (Phi) is 4.06. The first kappa shape index (κ1) is 14.0. The zero-order chi connectivity index (χ0) is 14.1. The smallest absolute Gasteiger partial charge is 0.123 e. The standard InChI is InChI=1S/C16H24FN3/c1-19-14-5-6-15(19)10-20(8-7-14)11-16(18)12-3-2-4-13(17)9-12/h2-4,9,14-16H,5-8,10-11,18H2,1H3. The molecule has 2 aliphatic heterocycles. The molecule has 2 fully saturated rings. The van der Waals surface area contributed by atoms with Crippen molar-refractivity contribution < 1.29 is 4.39 Å². The van der Waals surface area contributed by atoms with Crippen LogP contribution in [-0.4, -0.2) is 48.6 Å². The van der Waals surface area contributed by atoms with Crippen LogP contribution in [0.15, 0.2) is 24.3 Å². The van der Waals surface area contributed by atoms with Gasteiger partial charge in [0, 0.05) is 31.2 Å². The molecule has 0 radical (unpaired) electrons. The topological polar surface area (TPSA) is 32.5 Å². The van der Waals surface area contributed by atoms with Crippen molar-refractivity contribution in [2.45, 2.75) is 37.4 Å². The van der Waals surface area contributed by atoms with Crippen LogP contribution >= 0.6 is 0 Å². The normalized spacial score (nSPS) is 29.4. The first-order valence-electron chi connectivity index (χ1n) is 7.59. The summed E-state index contributed by atoms with van der Waals surface area (Å²) in [5.74, 6) is -0.201. The number of benzene rings is 1. The Hall–Kier alpha value is -0.970. The molecule has 2 heterocycles. The molecule has 2 saturated heterocycles. The van der Waals surface area contributed by atoms with Crippen LogP contribution in [0.25, 0.3) is 0 Å². The maximum absolute atomic E-state index is 13.3. The number of nitrogens with zero attached hydrogens (tertiary/aromatic N) is 2. The van der Waals surface area contributed by atoms with Crippen molar-refractivity contribution in [2.75, 3.05) is 26.7 Å². The number of hydrogen-bond donors (Lipinski definition) is 1. The van der Waals surface area contributed by atoms with E-state index < -0.39 is 0 Å². The fourth-order valence-electron chi connectivity index (χ4n) is 3.67. The molecule has 0 spiro atoms. The molecule has 0 saturated carbocycles. The lowest BCUT2D eigenvalue weighted by Gasteiger charge is -2.28. The molecule has 110 valence electrons. The van der Waals surface area contributed by atoms with Gasteiger partial charge in [-0.15, -0.1) is 0 Å². The largest absolute Gasteiger partial charge is 0.323 e. The zero-order valence-corrected chi connectivity index (χ0v) is 12.1. The number of hydrogen-bond acceptors (Lipinski definition) is 3. The van der Waals surface area contributed by atoms with Crippen LogP contribution in [0.5, 0.6) is 0 Å². The van der Waals surface area contributed by atoms with Gasteiger partial charge in [-0.25, -0.2) is 4.39 Å². The van der Waals surface area contributed by atoms with E-state index in [1.54, 1.807) is 12.1 Å². The van der Waals surface area contributed by atoms with Crippen LogP contribution in [0.2, 0.25) is 0 Å². The molecule has 2 aliphatic rings. The summed E-state index contributed by atoms with van der Waals surface area (Å²) in [5, 5.41) is 0. The van der Waals surface area contributed by atoms with E-state index in [2.05, 4.69) is 16.8 Å². The molecule has 4 heteroatoms. The molecule has 0 aliphatic carbocycles. The van der Waals surface area contributed by atoms with E-state index >= 15 is 0 Å². The monoisotopic (exact) mass is 277 g/mol. The van der Waals surface area contributed by atoms with E-state index in [1.165, 1.54) is 25.3 Å². The number of halogens is 1. The molecular weight excluding hydrogens is 253 g/mol. The van der Waals surface area contributed by atoms with E-state index in [9.17, 15) is 4.39 Å². The number of fused-ring (bicyclic) bond motifs is 2. The molecule has 2 N–H and O–H groups in total. The van der Waals surface area contributed by atoms with Crippen LogP contribution in [-0.2, 0) is 0 Å². The van der Waals surface area contributed by atoms with Crippen molar-refractivity contribution >= 4 is 0 Å². The molecule has 2 bridgehead atoms. The van der Waals surface area contributed by atoms with Crippen LogP contribution in [0.4, 0.5) is 4.39 Å².